The highest BCUT2D eigenvalue weighted by Gasteiger charge is 2.01. The maximum atomic E-state index is 11.3. The summed E-state index contributed by atoms with van der Waals surface area (Å²) in [7, 11) is 0. The molecule has 0 unspecified atom stereocenters. The van der Waals surface area contributed by atoms with E-state index in [2.05, 4.69) is 15.8 Å². The summed E-state index contributed by atoms with van der Waals surface area (Å²) in [6.45, 7) is 2.39. The van der Waals surface area contributed by atoms with Gasteiger partial charge in [0.25, 0.3) is 0 Å². The van der Waals surface area contributed by atoms with Crippen molar-refractivity contribution in [2.24, 2.45) is 10.8 Å². The Bertz CT molecular complexity index is 420. The Morgan fingerprint density at radius 1 is 1.47 bits per heavy atom. The first-order chi connectivity index (χ1) is 8.13. The van der Waals surface area contributed by atoms with Crippen LogP contribution in [0.15, 0.2) is 29.4 Å². The molecule has 0 spiro atoms. The fourth-order valence-electron chi connectivity index (χ4n) is 1.05. The highest BCUT2D eigenvalue weighted by molar-refractivity contribution is 6.31. The summed E-state index contributed by atoms with van der Waals surface area (Å²) in [5.74, 6) is 0. The Kier molecular flexibility index (Phi) is 5.45. The molecule has 0 saturated carbocycles. The molecule has 0 saturated heterocycles. The van der Waals surface area contributed by atoms with E-state index in [0.717, 1.165) is 5.56 Å². The molecule has 1 aromatic rings. The summed E-state index contributed by atoms with van der Waals surface area (Å²) in [5, 5.41) is 7.03. The number of rotatable bonds is 4. The summed E-state index contributed by atoms with van der Waals surface area (Å²) in [6, 6.07) is 6.92. The largest absolute Gasteiger partial charge is 0.335 e. The normalized spacial score (nSPS) is 11.1. The van der Waals surface area contributed by atoms with E-state index in [1.54, 1.807) is 13.0 Å². The predicted molar refractivity (Wildman–Crippen MR) is 69.0 cm³/mol. The van der Waals surface area contributed by atoms with Gasteiger partial charge in [-0.25, -0.2) is 10.2 Å². The number of halogens is 1. The summed E-state index contributed by atoms with van der Waals surface area (Å²) in [5.41, 5.74) is 9.16. The van der Waals surface area contributed by atoms with Crippen LogP contribution in [0, 0.1) is 0 Å². The first-order valence-electron chi connectivity index (χ1n) is 5.14. The second kappa shape index (κ2) is 6.88. The monoisotopic (exact) mass is 254 g/mol. The minimum Gasteiger partial charge on any atom is -0.333 e. The first kappa shape index (κ1) is 13.5. The second-order valence-electron chi connectivity index (χ2n) is 3.44. The minimum atomic E-state index is -0.391. The van der Waals surface area contributed by atoms with Crippen LogP contribution in [0.5, 0.6) is 0 Å². The molecule has 0 radical (unpaired) electrons. The zero-order chi connectivity index (χ0) is 12.7. The molecule has 1 aromatic carbocycles. The highest BCUT2D eigenvalue weighted by atomic mass is 35.5. The molecule has 0 aromatic heterocycles. The third-order valence-corrected chi connectivity index (χ3v) is 2.41. The van der Waals surface area contributed by atoms with Gasteiger partial charge in [-0.05, 0) is 18.6 Å². The van der Waals surface area contributed by atoms with Crippen LogP contribution in [-0.4, -0.2) is 18.3 Å². The van der Waals surface area contributed by atoms with E-state index in [1.165, 1.54) is 0 Å². The molecule has 0 aliphatic rings. The van der Waals surface area contributed by atoms with Crippen LogP contribution in [0.2, 0.25) is 5.02 Å². The molecule has 0 aliphatic heterocycles. The third-order valence-electron chi connectivity index (χ3n) is 2.04. The Morgan fingerprint density at radius 2 is 2.18 bits per heavy atom. The van der Waals surface area contributed by atoms with Crippen molar-refractivity contribution in [3.05, 3.63) is 34.9 Å². The van der Waals surface area contributed by atoms with Gasteiger partial charge in [0, 0.05) is 23.8 Å². The molecule has 0 aliphatic carbocycles. The van der Waals surface area contributed by atoms with Gasteiger partial charge in [0.15, 0.2) is 0 Å². The van der Waals surface area contributed by atoms with E-state index >= 15 is 0 Å². The van der Waals surface area contributed by atoms with Gasteiger partial charge >= 0.3 is 6.03 Å². The Hall–Kier alpha value is -1.59. The van der Waals surface area contributed by atoms with Gasteiger partial charge in [-0.1, -0.05) is 29.8 Å². The zero-order valence-electron chi connectivity index (χ0n) is 9.53. The zero-order valence-corrected chi connectivity index (χ0v) is 10.3. The van der Waals surface area contributed by atoms with Crippen LogP contribution in [-0.2, 0) is 6.54 Å². The number of hydrogen-bond donors (Lipinski definition) is 3. The average Bonchev–Trinajstić information content (AvgIpc) is 2.35. The summed E-state index contributed by atoms with van der Waals surface area (Å²) in [4.78, 5) is 11.3. The van der Waals surface area contributed by atoms with Gasteiger partial charge in [-0.3, -0.25) is 0 Å². The van der Waals surface area contributed by atoms with Crippen molar-refractivity contribution in [1.82, 2.24) is 10.7 Å². The number of urea groups is 1. The van der Waals surface area contributed by atoms with Crippen molar-refractivity contribution < 1.29 is 4.79 Å². The van der Waals surface area contributed by atoms with Crippen LogP contribution in [0.4, 0.5) is 4.79 Å². The number of benzene rings is 1. The number of carbonyl (C=O) groups excluding carboxylic acids is 1. The molecule has 0 bridgehead atoms. The van der Waals surface area contributed by atoms with Gasteiger partial charge in [-0.15, -0.1) is 0 Å². The summed E-state index contributed by atoms with van der Waals surface area (Å²) >= 11 is 5.94. The van der Waals surface area contributed by atoms with Crippen molar-refractivity contribution in [3.63, 3.8) is 0 Å². The fraction of sp³-hybridized carbons (Fsp3) is 0.273. The van der Waals surface area contributed by atoms with E-state index in [4.69, 9.17) is 17.3 Å². The molecule has 5 nitrogen and oxygen atoms in total. The average molecular weight is 255 g/mol. The number of hydrogen-bond acceptors (Lipinski definition) is 3. The number of hydrazone groups is 1. The van der Waals surface area contributed by atoms with E-state index in [9.17, 15) is 4.79 Å². The smallest absolute Gasteiger partial charge is 0.333 e. The first-order valence-corrected chi connectivity index (χ1v) is 5.51. The number of nitrogens with one attached hydrogen (secondary N) is 2. The quantitative estimate of drug-likeness (QED) is 0.562. The fourth-order valence-corrected chi connectivity index (χ4v) is 1.25. The standard InChI is InChI=1S/C11H15ClN4O/c1-8(6-13)15-16-11(17)14-7-9-4-2-3-5-10(9)12/h2-5H,6-7,13H2,1H3,(H2,14,16,17)/b15-8+. The number of nitrogens with two attached hydrogens (primary N) is 1. The van der Waals surface area contributed by atoms with E-state index < -0.39 is 6.03 Å². The minimum absolute atomic E-state index is 0.310. The molecule has 0 atom stereocenters. The Morgan fingerprint density at radius 3 is 2.82 bits per heavy atom. The lowest BCUT2D eigenvalue weighted by molar-refractivity contribution is 0.241. The Labute approximate surface area is 105 Å². The second-order valence-corrected chi connectivity index (χ2v) is 3.84. The van der Waals surface area contributed by atoms with Gasteiger partial charge in [-0.2, -0.15) is 5.10 Å². The lowest BCUT2D eigenvalue weighted by Crippen LogP contribution is -2.33. The molecule has 1 rings (SSSR count). The van der Waals surface area contributed by atoms with Crippen molar-refractivity contribution >= 4 is 23.3 Å². The molecule has 0 heterocycles. The van der Waals surface area contributed by atoms with Gasteiger partial charge in [0.1, 0.15) is 0 Å². The maximum absolute atomic E-state index is 11.3. The number of nitrogens with zero attached hydrogens (tertiary/aromatic N) is 1. The van der Waals surface area contributed by atoms with Crippen LogP contribution < -0.4 is 16.5 Å². The van der Waals surface area contributed by atoms with E-state index in [1.807, 2.05) is 18.2 Å². The third kappa shape index (κ3) is 4.84. The van der Waals surface area contributed by atoms with Crippen molar-refractivity contribution in [3.8, 4) is 0 Å². The summed E-state index contributed by atoms with van der Waals surface area (Å²) < 4.78 is 0. The molecular formula is C11H15ClN4O. The van der Waals surface area contributed by atoms with Crippen LogP contribution in [0.25, 0.3) is 0 Å². The molecular weight excluding hydrogens is 240 g/mol. The predicted octanol–water partition coefficient (Wildman–Crippen LogP) is 1.47. The molecule has 4 N–H and O–H groups in total. The molecule has 92 valence electrons. The van der Waals surface area contributed by atoms with Crippen molar-refractivity contribution in [1.29, 1.82) is 0 Å². The lowest BCUT2D eigenvalue weighted by Gasteiger charge is -2.06. The van der Waals surface area contributed by atoms with Crippen LogP contribution in [0.3, 0.4) is 0 Å². The lowest BCUT2D eigenvalue weighted by atomic mass is 10.2. The van der Waals surface area contributed by atoms with E-state index in [0.29, 0.717) is 23.8 Å². The summed E-state index contributed by atoms with van der Waals surface area (Å²) in [6.07, 6.45) is 0. The molecule has 6 heteroatoms. The maximum Gasteiger partial charge on any atom is 0.335 e. The van der Waals surface area contributed by atoms with Gasteiger partial charge < -0.3 is 11.1 Å². The van der Waals surface area contributed by atoms with E-state index in [-0.39, 0.29) is 0 Å². The van der Waals surface area contributed by atoms with Gasteiger partial charge in [0.2, 0.25) is 0 Å². The Balaban J connectivity index is 2.41. The molecule has 0 fully saturated rings. The topological polar surface area (TPSA) is 79.5 Å². The SMILES string of the molecule is C/C(CN)=N\NC(=O)NCc1ccccc1Cl. The van der Waals surface area contributed by atoms with Crippen LogP contribution >= 0.6 is 11.6 Å². The van der Waals surface area contributed by atoms with Crippen molar-refractivity contribution in [2.45, 2.75) is 13.5 Å². The number of carbonyl (C=O) groups is 1. The van der Waals surface area contributed by atoms with Crippen LogP contribution in [0.1, 0.15) is 12.5 Å². The number of amides is 2. The molecule has 2 amide bonds. The van der Waals surface area contributed by atoms with Crippen molar-refractivity contribution in [2.75, 3.05) is 6.54 Å². The highest BCUT2D eigenvalue weighted by Crippen LogP contribution is 2.13. The van der Waals surface area contributed by atoms with Gasteiger partial charge in [0.05, 0.1) is 0 Å². The molecule has 17 heavy (non-hydrogen) atoms.